The highest BCUT2D eigenvalue weighted by atomic mass is 16.1. The standard InChI is InChI=1S/C18H19N2O/c19-17(21)18(16-11-12-20-13-16,14-7-3-1-4-8-14)15-9-5-2-6-10-15/h1-10,13,16,20H,11-12H2,(H2,19,21)/t16-/m1/s1. The van der Waals surface area contributed by atoms with Crippen molar-refractivity contribution in [1.82, 2.24) is 5.32 Å². The van der Waals surface area contributed by atoms with Crippen molar-refractivity contribution < 1.29 is 4.79 Å². The lowest BCUT2D eigenvalue weighted by Gasteiger charge is -2.37. The molecule has 0 aromatic heterocycles. The van der Waals surface area contributed by atoms with Crippen LogP contribution in [0.25, 0.3) is 0 Å². The van der Waals surface area contributed by atoms with Crippen molar-refractivity contribution in [3.63, 3.8) is 0 Å². The van der Waals surface area contributed by atoms with E-state index in [1.54, 1.807) is 0 Å². The molecule has 0 unspecified atom stereocenters. The molecule has 2 aromatic rings. The van der Waals surface area contributed by atoms with Crippen LogP contribution in [0, 0.1) is 12.5 Å². The number of primary amides is 1. The Morgan fingerprint density at radius 3 is 1.90 bits per heavy atom. The van der Waals surface area contributed by atoms with Gasteiger partial charge in [-0.15, -0.1) is 0 Å². The Labute approximate surface area is 125 Å². The van der Waals surface area contributed by atoms with E-state index in [1.165, 1.54) is 0 Å². The Morgan fingerprint density at radius 2 is 1.52 bits per heavy atom. The predicted octanol–water partition coefficient (Wildman–Crippen LogP) is 2.23. The lowest BCUT2D eigenvalue weighted by molar-refractivity contribution is -0.123. The minimum atomic E-state index is -0.813. The van der Waals surface area contributed by atoms with Gasteiger partial charge in [-0.3, -0.25) is 4.79 Å². The SMILES string of the molecule is NC(=O)C(c1ccccc1)(c1ccccc1)[C@H]1[CH]NCC1. The molecule has 1 amide bonds. The Hall–Kier alpha value is -2.13. The van der Waals surface area contributed by atoms with Crippen molar-refractivity contribution in [2.75, 3.05) is 6.54 Å². The van der Waals surface area contributed by atoms with Crippen LogP contribution in [0.1, 0.15) is 17.5 Å². The van der Waals surface area contributed by atoms with Crippen LogP contribution in [-0.2, 0) is 10.2 Å². The Kier molecular flexibility index (Phi) is 3.76. The van der Waals surface area contributed by atoms with E-state index in [1.807, 2.05) is 67.2 Å². The molecule has 3 heteroatoms. The average Bonchev–Trinajstić information content (AvgIpc) is 3.04. The number of hydrogen-bond donors (Lipinski definition) is 2. The Balaban J connectivity index is 2.24. The molecule has 1 atom stereocenters. The van der Waals surface area contributed by atoms with Crippen molar-refractivity contribution in [2.24, 2.45) is 11.7 Å². The molecule has 0 spiro atoms. The van der Waals surface area contributed by atoms with Gasteiger partial charge in [0, 0.05) is 6.54 Å². The molecule has 3 N–H and O–H groups in total. The van der Waals surface area contributed by atoms with Crippen LogP contribution in [-0.4, -0.2) is 12.5 Å². The van der Waals surface area contributed by atoms with Crippen LogP contribution in [0.3, 0.4) is 0 Å². The fraction of sp³-hybridized carbons (Fsp3) is 0.222. The monoisotopic (exact) mass is 279 g/mol. The number of hydrogen-bond acceptors (Lipinski definition) is 2. The molecule has 1 aliphatic rings. The third-order valence-electron chi connectivity index (χ3n) is 4.32. The van der Waals surface area contributed by atoms with E-state index >= 15 is 0 Å². The van der Waals surface area contributed by atoms with E-state index in [0.717, 1.165) is 24.1 Å². The maximum Gasteiger partial charge on any atom is 0.232 e. The quantitative estimate of drug-likeness (QED) is 0.901. The first-order chi connectivity index (χ1) is 10.3. The van der Waals surface area contributed by atoms with Crippen LogP contribution in [0.5, 0.6) is 0 Å². The molecule has 0 aliphatic carbocycles. The van der Waals surface area contributed by atoms with E-state index in [2.05, 4.69) is 5.32 Å². The summed E-state index contributed by atoms with van der Waals surface area (Å²) in [5.41, 5.74) is 7.02. The van der Waals surface area contributed by atoms with Gasteiger partial charge in [0.25, 0.3) is 0 Å². The molecule has 1 saturated heterocycles. The lowest BCUT2D eigenvalue weighted by atomic mass is 9.65. The van der Waals surface area contributed by atoms with Gasteiger partial charge < -0.3 is 11.1 Å². The molecule has 0 saturated carbocycles. The zero-order chi connectivity index (χ0) is 14.7. The first-order valence-electron chi connectivity index (χ1n) is 7.24. The highest BCUT2D eigenvalue weighted by Crippen LogP contribution is 2.43. The number of carbonyl (C=O) groups is 1. The second-order valence-electron chi connectivity index (χ2n) is 5.42. The highest BCUT2D eigenvalue weighted by molar-refractivity contribution is 5.91. The molecule has 0 bridgehead atoms. The summed E-state index contributed by atoms with van der Waals surface area (Å²) in [7, 11) is 0. The number of carbonyl (C=O) groups excluding carboxylic acids is 1. The van der Waals surface area contributed by atoms with Crippen LogP contribution >= 0.6 is 0 Å². The summed E-state index contributed by atoms with van der Waals surface area (Å²) in [4.78, 5) is 12.6. The van der Waals surface area contributed by atoms with Gasteiger partial charge in [0.05, 0.1) is 0 Å². The minimum Gasteiger partial charge on any atom is -0.369 e. The van der Waals surface area contributed by atoms with Crippen LogP contribution in [0.4, 0.5) is 0 Å². The van der Waals surface area contributed by atoms with E-state index in [-0.39, 0.29) is 11.8 Å². The van der Waals surface area contributed by atoms with Crippen LogP contribution < -0.4 is 11.1 Å². The average molecular weight is 279 g/mol. The first kappa shape index (κ1) is 13.8. The molecule has 2 aromatic carbocycles. The number of benzene rings is 2. The van der Waals surface area contributed by atoms with E-state index in [4.69, 9.17) is 5.73 Å². The van der Waals surface area contributed by atoms with Crippen molar-refractivity contribution in [3.8, 4) is 0 Å². The van der Waals surface area contributed by atoms with Gasteiger partial charge in [-0.1, -0.05) is 60.7 Å². The molecule has 21 heavy (non-hydrogen) atoms. The Morgan fingerprint density at radius 1 is 1.00 bits per heavy atom. The van der Waals surface area contributed by atoms with Gasteiger partial charge in [-0.25, -0.2) is 0 Å². The summed E-state index contributed by atoms with van der Waals surface area (Å²) >= 11 is 0. The number of rotatable bonds is 4. The first-order valence-corrected chi connectivity index (χ1v) is 7.24. The maximum absolute atomic E-state index is 12.6. The van der Waals surface area contributed by atoms with Crippen LogP contribution in [0.2, 0.25) is 0 Å². The van der Waals surface area contributed by atoms with Crippen molar-refractivity contribution in [1.29, 1.82) is 0 Å². The van der Waals surface area contributed by atoms with Gasteiger partial charge in [0.15, 0.2) is 0 Å². The van der Waals surface area contributed by atoms with Gasteiger partial charge in [0.1, 0.15) is 5.41 Å². The van der Waals surface area contributed by atoms with Gasteiger partial charge in [-0.05, 0) is 30.0 Å². The highest BCUT2D eigenvalue weighted by Gasteiger charge is 2.48. The smallest absolute Gasteiger partial charge is 0.232 e. The summed E-state index contributed by atoms with van der Waals surface area (Å²) in [6, 6.07) is 19.7. The Bertz CT molecular complexity index is 564. The fourth-order valence-electron chi connectivity index (χ4n) is 3.35. The fourth-order valence-corrected chi connectivity index (χ4v) is 3.35. The lowest BCUT2D eigenvalue weighted by Crippen LogP contribution is -2.48. The topological polar surface area (TPSA) is 55.1 Å². The predicted molar refractivity (Wildman–Crippen MR) is 83.3 cm³/mol. The van der Waals surface area contributed by atoms with Crippen molar-refractivity contribution in [2.45, 2.75) is 11.8 Å². The number of nitrogens with one attached hydrogen (secondary N) is 1. The normalized spacial score (nSPS) is 18.6. The van der Waals surface area contributed by atoms with E-state index < -0.39 is 5.41 Å². The molecule has 3 nitrogen and oxygen atoms in total. The van der Waals surface area contributed by atoms with E-state index in [9.17, 15) is 4.79 Å². The largest absolute Gasteiger partial charge is 0.369 e. The summed E-state index contributed by atoms with van der Waals surface area (Å²) in [5, 5.41) is 3.24. The van der Waals surface area contributed by atoms with Gasteiger partial charge in [0.2, 0.25) is 5.91 Å². The maximum atomic E-state index is 12.6. The minimum absolute atomic E-state index is 0.0554. The summed E-state index contributed by atoms with van der Waals surface area (Å²) in [6.07, 6.45) is 0.896. The molecule has 1 heterocycles. The van der Waals surface area contributed by atoms with Crippen molar-refractivity contribution in [3.05, 3.63) is 78.3 Å². The zero-order valence-corrected chi connectivity index (χ0v) is 11.8. The third kappa shape index (κ3) is 2.24. The molecule has 1 aliphatic heterocycles. The molecular weight excluding hydrogens is 260 g/mol. The van der Waals surface area contributed by atoms with E-state index in [0.29, 0.717) is 0 Å². The second kappa shape index (κ2) is 5.70. The zero-order valence-electron chi connectivity index (χ0n) is 11.8. The van der Waals surface area contributed by atoms with Gasteiger partial charge >= 0.3 is 0 Å². The third-order valence-corrected chi connectivity index (χ3v) is 4.32. The number of nitrogens with two attached hydrogens (primary N) is 1. The summed E-state index contributed by atoms with van der Waals surface area (Å²) in [6.45, 7) is 2.89. The molecular formula is C18H19N2O. The molecule has 1 fully saturated rings. The molecule has 107 valence electrons. The molecule has 1 radical (unpaired) electrons. The van der Waals surface area contributed by atoms with Crippen molar-refractivity contribution >= 4 is 5.91 Å². The number of amides is 1. The van der Waals surface area contributed by atoms with Crippen LogP contribution in [0.15, 0.2) is 60.7 Å². The summed E-state index contributed by atoms with van der Waals surface area (Å²) in [5.74, 6) is -0.246. The molecule has 3 rings (SSSR count). The second-order valence-corrected chi connectivity index (χ2v) is 5.42. The van der Waals surface area contributed by atoms with Gasteiger partial charge in [-0.2, -0.15) is 0 Å². The summed E-state index contributed by atoms with van der Waals surface area (Å²) < 4.78 is 0.